The van der Waals surface area contributed by atoms with E-state index in [-0.39, 0.29) is 24.5 Å². The van der Waals surface area contributed by atoms with Crippen LogP contribution >= 0.6 is 11.3 Å². The number of carbonyl (C=O) groups excluding carboxylic acids is 1. The highest BCUT2D eigenvalue weighted by Crippen LogP contribution is 2.26. The van der Waals surface area contributed by atoms with E-state index in [0.29, 0.717) is 23.1 Å². The monoisotopic (exact) mass is 422 g/mol. The van der Waals surface area contributed by atoms with Gasteiger partial charge in [0.25, 0.3) is 0 Å². The second-order valence-corrected chi connectivity index (χ2v) is 8.27. The van der Waals surface area contributed by atoms with Crippen LogP contribution in [0.1, 0.15) is 11.5 Å². The number of primary sulfonamides is 1. The molecule has 0 fully saturated rings. The average molecular weight is 422 g/mol. The molecule has 0 aliphatic rings. The van der Waals surface area contributed by atoms with Crippen molar-refractivity contribution >= 4 is 27.3 Å². The molecule has 10 heteroatoms. The third kappa shape index (κ3) is 5.18. The molecule has 3 aromatic rings. The van der Waals surface area contributed by atoms with Gasteiger partial charge in [-0.15, -0.1) is 11.3 Å². The van der Waals surface area contributed by atoms with Crippen molar-refractivity contribution in [2.75, 3.05) is 13.2 Å². The van der Waals surface area contributed by atoms with E-state index in [1.807, 2.05) is 17.5 Å². The standard InChI is InChI=1S/C18H18N2O6S2/c1-12-15(20-18(26-12)16-3-2-10-27-16)11-17(21)25-9-8-24-13-4-6-14(7-5-13)28(19,22)23/h2-7,10H,8-9,11H2,1H3,(H2,19,22,23). The van der Waals surface area contributed by atoms with Crippen LogP contribution in [0.4, 0.5) is 0 Å². The van der Waals surface area contributed by atoms with Crippen molar-refractivity contribution in [3.05, 3.63) is 53.2 Å². The Balaban J connectivity index is 1.45. The number of oxazole rings is 1. The summed E-state index contributed by atoms with van der Waals surface area (Å²) >= 11 is 1.50. The molecule has 0 aliphatic carbocycles. The van der Waals surface area contributed by atoms with E-state index >= 15 is 0 Å². The molecule has 3 rings (SSSR count). The highest BCUT2D eigenvalue weighted by atomic mass is 32.2. The van der Waals surface area contributed by atoms with Gasteiger partial charge in [-0.2, -0.15) is 0 Å². The molecule has 0 amide bonds. The third-order valence-corrected chi connectivity index (χ3v) is 5.49. The highest BCUT2D eigenvalue weighted by molar-refractivity contribution is 7.89. The lowest BCUT2D eigenvalue weighted by atomic mass is 10.3. The molecule has 2 aromatic heterocycles. The zero-order valence-corrected chi connectivity index (χ0v) is 16.6. The van der Waals surface area contributed by atoms with E-state index in [2.05, 4.69) is 4.98 Å². The number of rotatable bonds is 8. The zero-order chi connectivity index (χ0) is 20.1. The van der Waals surface area contributed by atoms with Gasteiger partial charge in [-0.05, 0) is 42.6 Å². The summed E-state index contributed by atoms with van der Waals surface area (Å²) in [5, 5.41) is 6.95. The minimum atomic E-state index is -3.74. The first-order chi connectivity index (χ1) is 13.3. The first-order valence-electron chi connectivity index (χ1n) is 8.24. The van der Waals surface area contributed by atoms with Crippen molar-refractivity contribution in [1.29, 1.82) is 0 Å². The summed E-state index contributed by atoms with van der Waals surface area (Å²) in [5.41, 5.74) is 0.535. The Morgan fingerprint density at radius 2 is 1.96 bits per heavy atom. The average Bonchev–Trinajstić information content (AvgIpc) is 3.29. The molecule has 8 nitrogen and oxygen atoms in total. The van der Waals surface area contributed by atoms with E-state index in [0.717, 1.165) is 4.88 Å². The number of nitrogens with zero attached hydrogens (tertiary/aromatic N) is 1. The number of ether oxygens (including phenoxy) is 2. The first kappa shape index (κ1) is 20.1. The molecule has 28 heavy (non-hydrogen) atoms. The fourth-order valence-electron chi connectivity index (χ4n) is 2.33. The molecule has 0 bridgehead atoms. The normalized spacial score (nSPS) is 11.4. The van der Waals surface area contributed by atoms with Gasteiger partial charge < -0.3 is 13.9 Å². The summed E-state index contributed by atoms with van der Waals surface area (Å²) in [6.45, 7) is 1.92. The number of thiophene rings is 1. The van der Waals surface area contributed by atoms with Gasteiger partial charge in [0.1, 0.15) is 24.7 Å². The quantitative estimate of drug-likeness (QED) is 0.437. The third-order valence-electron chi connectivity index (χ3n) is 3.70. The Morgan fingerprint density at radius 1 is 1.21 bits per heavy atom. The lowest BCUT2D eigenvalue weighted by Crippen LogP contribution is -2.15. The van der Waals surface area contributed by atoms with Gasteiger partial charge in [0.15, 0.2) is 0 Å². The molecule has 0 aliphatic heterocycles. The van der Waals surface area contributed by atoms with Crippen LogP contribution in [0.2, 0.25) is 0 Å². The smallest absolute Gasteiger partial charge is 0.312 e. The number of hydrogen-bond donors (Lipinski definition) is 1. The highest BCUT2D eigenvalue weighted by Gasteiger charge is 2.16. The van der Waals surface area contributed by atoms with Gasteiger partial charge in [-0.25, -0.2) is 18.5 Å². The van der Waals surface area contributed by atoms with Crippen LogP contribution < -0.4 is 9.88 Å². The molecule has 0 spiro atoms. The first-order valence-corrected chi connectivity index (χ1v) is 10.7. The van der Waals surface area contributed by atoms with Crippen LogP contribution in [-0.2, 0) is 26.0 Å². The Bertz CT molecular complexity index is 1040. The number of aromatic nitrogens is 1. The second kappa shape index (κ2) is 8.55. The number of carbonyl (C=O) groups is 1. The van der Waals surface area contributed by atoms with Crippen LogP contribution in [0.15, 0.2) is 51.1 Å². The maximum absolute atomic E-state index is 12.0. The lowest BCUT2D eigenvalue weighted by molar-refractivity contribution is -0.143. The zero-order valence-electron chi connectivity index (χ0n) is 15.0. The van der Waals surface area contributed by atoms with E-state index in [4.69, 9.17) is 19.0 Å². The predicted molar refractivity (Wildman–Crippen MR) is 103 cm³/mol. The molecule has 2 heterocycles. The van der Waals surface area contributed by atoms with Crippen molar-refractivity contribution in [3.63, 3.8) is 0 Å². The second-order valence-electron chi connectivity index (χ2n) is 5.76. The van der Waals surface area contributed by atoms with E-state index in [1.54, 1.807) is 6.92 Å². The SMILES string of the molecule is Cc1oc(-c2cccs2)nc1CC(=O)OCCOc1ccc(S(N)(=O)=O)cc1. The van der Waals surface area contributed by atoms with Gasteiger partial charge in [0, 0.05) is 0 Å². The van der Waals surface area contributed by atoms with Gasteiger partial charge >= 0.3 is 5.97 Å². The molecule has 2 N–H and O–H groups in total. The van der Waals surface area contributed by atoms with E-state index in [9.17, 15) is 13.2 Å². The summed E-state index contributed by atoms with van der Waals surface area (Å²) in [6, 6.07) is 9.43. The number of sulfonamides is 1. The fourth-order valence-corrected chi connectivity index (χ4v) is 3.49. The van der Waals surface area contributed by atoms with Crippen LogP contribution in [0.25, 0.3) is 10.8 Å². The molecular weight excluding hydrogens is 404 g/mol. The Hall–Kier alpha value is -2.69. The Labute approximate surface area is 166 Å². The van der Waals surface area contributed by atoms with Gasteiger partial charge in [0.2, 0.25) is 15.9 Å². The molecule has 1 aromatic carbocycles. The molecule has 0 radical (unpaired) electrons. The number of benzene rings is 1. The van der Waals surface area contributed by atoms with Crippen LogP contribution in [0.3, 0.4) is 0 Å². The van der Waals surface area contributed by atoms with Crippen molar-refractivity contribution in [2.24, 2.45) is 5.14 Å². The van der Waals surface area contributed by atoms with Crippen molar-refractivity contribution in [2.45, 2.75) is 18.2 Å². The molecule has 0 saturated carbocycles. The maximum Gasteiger partial charge on any atom is 0.312 e. The van der Waals surface area contributed by atoms with Gasteiger partial charge in [-0.1, -0.05) is 6.07 Å². The van der Waals surface area contributed by atoms with Gasteiger partial charge in [0.05, 0.1) is 21.9 Å². The van der Waals surface area contributed by atoms with E-state index in [1.165, 1.54) is 35.6 Å². The summed E-state index contributed by atoms with van der Waals surface area (Å²) in [6.07, 6.45) is 0.00374. The van der Waals surface area contributed by atoms with E-state index < -0.39 is 16.0 Å². The van der Waals surface area contributed by atoms with Crippen LogP contribution in [0, 0.1) is 6.92 Å². The maximum atomic E-state index is 12.0. The predicted octanol–water partition coefficient (Wildman–Crippen LogP) is 2.52. The number of aryl methyl sites for hydroxylation is 1. The van der Waals surface area contributed by atoms with Crippen LogP contribution in [0.5, 0.6) is 5.75 Å². The topological polar surface area (TPSA) is 122 Å². The molecule has 0 unspecified atom stereocenters. The van der Waals surface area contributed by atoms with Crippen molar-refractivity contribution < 1.29 is 27.1 Å². The number of esters is 1. The minimum absolute atomic E-state index is 0.00354. The lowest BCUT2D eigenvalue weighted by Gasteiger charge is -2.07. The molecule has 148 valence electrons. The molecule has 0 saturated heterocycles. The summed E-state index contributed by atoms with van der Waals surface area (Å²) in [5.74, 6) is 1.06. The minimum Gasteiger partial charge on any atom is -0.490 e. The van der Waals surface area contributed by atoms with Gasteiger partial charge in [-0.3, -0.25) is 4.79 Å². The number of hydrogen-bond acceptors (Lipinski definition) is 8. The fraction of sp³-hybridized carbons (Fsp3) is 0.222. The molecular formula is C18H18N2O6S2. The number of nitrogens with two attached hydrogens (primary N) is 1. The largest absolute Gasteiger partial charge is 0.490 e. The Morgan fingerprint density at radius 3 is 2.61 bits per heavy atom. The summed E-state index contributed by atoms with van der Waals surface area (Å²) in [4.78, 5) is 17.2. The Kier molecular flexibility index (Phi) is 6.12. The summed E-state index contributed by atoms with van der Waals surface area (Å²) < 4.78 is 38.5. The molecule has 0 atom stereocenters. The summed E-state index contributed by atoms with van der Waals surface area (Å²) in [7, 11) is -3.74. The van der Waals surface area contributed by atoms with Crippen molar-refractivity contribution in [3.8, 4) is 16.5 Å². The van der Waals surface area contributed by atoms with Crippen LogP contribution in [-0.4, -0.2) is 32.6 Å². The van der Waals surface area contributed by atoms with Crippen molar-refractivity contribution in [1.82, 2.24) is 4.98 Å².